The van der Waals surface area contributed by atoms with E-state index >= 15 is 0 Å². The van der Waals surface area contributed by atoms with E-state index < -0.39 is 0 Å². The second kappa shape index (κ2) is 8.04. The molecular formula is C17H26N3O4-. The Kier molecular flexibility index (Phi) is 6.31. The zero-order valence-corrected chi connectivity index (χ0v) is 14.7. The first-order chi connectivity index (χ1) is 11.3. The van der Waals surface area contributed by atoms with Gasteiger partial charge in [-0.3, -0.25) is 15.1 Å². The maximum atomic E-state index is 11.2. The average Bonchev–Trinajstić information content (AvgIpc) is 2.53. The zero-order chi connectivity index (χ0) is 17.7. The van der Waals surface area contributed by atoms with E-state index in [2.05, 4.69) is 9.88 Å². The van der Waals surface area contributed by atoms with E-state index in [9.17, 15) is 5.21 Å². The van der Waals surface area contributed by atoms with Crippen molar-refractivity contribution in [3.05, 3.63) is 34.8 Å². The molecule has 1 aliphatic heterocycles. The van der Waals surface area contributed by atoms with Gasteiger partial charge in [0.1, 0.15) is 0 Å². The second-order valence-corrected chi connectivity index (χ2v) is 6.82. The van der Waals surface area contributed by atoms with Crippen molar-refractivity contribution >= 4 is 11.8 Å². The molecular weight excluding hydrogens is 310 g/mol. The molecule has 1 atom stereocenters. The third-order valence-corrected chi connectivity index (χ3v) is 3.79. The lowest BCUT2D eigenvalue weighted by Gasteiger charge is -2.37. The van der Waals surface area contributed by atoms with Crippen LogP contribution < -0.4 is 5.23 Å². The van der Waals surface area contributed by atoms with Crippen LogP contribution in [-0.2, 0) is 9.47 Å². The summed E-state index contributed by atoms with van der Waals surface area (Å²) in [6.07, 6.45) is 6.23. The zero-order valence-electron chi connectivity index (χ0n) is 14.7. The first kappa shape index (κ1) is 18.8. The van der Waals surface area contributed by atoms with Crippen LogP contribution >= 0.6 is 0 Å². The van der Waals surface area contributed by atoms with Crippen molar-refractivity contribution in [2.75, 3.05) is 25.4 Å². The molecule has 2 heterocycles. The van der Waals surface area contributed by atoms with Crippen molar-refractivity contribution in [2.24, 2.45) is 0 Å². The van der Waals surface area contributed by atoms with Crippen LogP contribution in [0.1, 0.15) is 39.2 Å². The molecule has 1 unspecified atom stereocenters. The van der Waals surface area contributed by atoms with Crippen molar-refractivity contribution in [2.45, 2.75) is 45.6 Å². The molecule has 0 radical (unpaired) electrons. The third-order valence-electron chi connectivity index (χ3n) is 3.79. The van der Waals surface area contributed by atoms with Crippen LogP contribution in [0, 0.1) is 5.21 Å². The van der Waals surface area contributed by atoms with E-state index in [1.54, 1.807) is 19.4 Å². The summed E-state index contributed by atoms with van der Waals surface area (Å²) in [6.45, 7) is 7.62. The molecule has 7 heteroatoms. The SMILES string of the molecule is COC(OC(C)(C)C)N1CCC(=Cc2ccncc2N([O-])O)CC1. The molecule has 1 aromatic heterocycles. The van der Waals surface area contributed by atoms with Gasteiger partial charge >= 0.3 is 0 Å². The van der Waals surface area contributed by atoms with Crippen LogP contribution in [0.5, 0.6) is 0 Å². The minimum Gasteiger partial charge on any atom is -0.733 e. The Morgan fingerprint density at radius 2 is 2.04 bits per heavy atom. The van der Waals surface area contributed by atoms with Crippen molar-refractivity contribution < 1.29 is 14.7 Å². The highest BCUT2D eigenvalue weighted by Gasteiger charge is 2.26. The highest BCUT2D eigenvalue weighted by Crippen LogP contribution is 2.26. The Balaban J connectivity index is 2.02. The van der Waals surface area contributed by atoms with Gasteiger partial charge < -0.3 is 19.9 Å². The van der Waals surface area contributed by atoms with Gasteiger partial charge in [-0.15, -0.1) is 0 Å². The van der Waals surface area contributed by atoms with E-state index in [-0.39, 0.29) is 22.9 Å². The Morgan fingerprint density at radius 1 is 1.38 bits per heavy atom. The predicted molar refractivity (Wildman–Crippen MR) is 92.3 cm³/mol. The number of pyridine rings is 1. The lowest BCUT2D eigenvalue weighted by atomic mass is 10.0. The fourth-order valence-corrected chi connectivity index (χ4v) is 2.64. The highest BCUT2D eigenvalue weighted by atomic mass is 16.8. The molecule has 7 nitrogen and oxygen atoms in total. The number of methoxy groups -OCH3 is 1. The number of nitrogens with zero attached hydrogens (tertiary/aromatic N) is 3. The number of aromatic nitrogens is 1. The molecule has 1 aromatic rings. The van der Waals surface area contributed by atoms with E-state index in [0.717, 1.165) is 25.9 Å². The Hall–Kier alpha value is -1.51. The van der Waals surface area contributed by atoms with E-state index in [1.165, 1.54) is 11.8 Å². The molecule has 0 aromatic carbocycles. The molecule has 0 saturated carbocycles. The van der Waals surface area contributed by atoms with E-state index in [4.69, 9.17) is 14.7 Å². The van der Waals surface area contributed by atoms with Gasteiger partial charge in [-0.2, -0.15) is 0 Å². The Bertz CT molecular complexity index is 559. The Labute approximate surface area is 143 Å². The highest BCUT2D eigenvalue weighted by molar-refractivity contribution is 5.67. The summed E-state index contributed by atoms with van der Waals surface area (Å²) in [6, 6.07) is 1.72. The van der Waals surface area contributed by atoms with Crippen LogP contribution in [0.4, 0.5) is 5.69 Å². The molecule has 1 N–H and O–H groups in total. The van der Waals surface area contributed by atoms with E-state index in [1.807, 2.05) is 26.8 Å². The number of ether oxygens (including phenoxy) is 2. The van der Waals surface area contributed by atoms with Gasteiger partial charge in [0.15, 0.2) is 0 Å². The molecule has 1 aliphatic rings. The van der Waals surface area contributed by atoms with Crippen molar-refractivity contribution in [3.63, 3.8) is 0 Å². The summed E-state index contributed by atoms with van der Waals surface area (Å²) >= 11 is 0. The quantitative estimate of drug-likeness (QED) is 0.654. The van der Waals surface area contributed by atoms with Crippen LogP contribution in [0.25, 0.3) is 6.08 Å². The predicted octanol–water partition coefficient (Wildman–Crippen LogP) is 3.00. The summed E-state index contributed by atoms with van der Waals surface area (Å²) < 4.78 is 11.4. The first-order valence-electron chi connectivity index (χ1n) is 8.04. The van der Waals surface area contributed by atoms with Gasteiger partial charge in [0.05, 0.1) is 17.5 Å². The number of piperidine rings is 1. The van der Waals surface area contributed by atoms with Crippen LogP contribution in [0.3, 0.4) is 0 Å². The van der Waals surface area contributed by atoms with Crippen molar-refractivity contribution in [1.82, 2.24) is 9.88 Å². The normalized spacial score (nSPS) is 17.7. The monoisotopic (exact) mass is 336 g/mol. The molecule has 134 valence electrons. The molecule has 0 aliphatic carbocycles. The van der Waals surface area contributed by atoms with Gasteiger partial charge in [0.25, 0.3) is 0 Å². The molecule has 0 amide bonds. The fourth-order valence-electron chi connectivity index (χ4n) is 2.64. The molecule has 1 saturated heterocycles. The molecule has 24 heavy (non-hydrogen) atoms. The molecule has 2 rings (SSSR count). The maximum Gasteiger partial charge on any atom is 0.218 e. The Morgan fingerprint density at radius 3 is 2.58 bits per heavy atom. The van der Waals surface area contributed by atoms with Gasteiger partial charge in [0.2, 0.25) is 6.41 Å². The van der Waals surface area contributed by atoms with Gasteiger partial charge in [0, 0.05) is 32.0 Å². The maximum absolute atomic E-state index is 11.2. The van der Waals surface area contributed by atoms with Crippen LogP contribution in [0.15, 0.2) is 24.0 Å². The summed E-state index contributed by atoms with van der Waals surface area (Å²) in [7, 11) is 1.65. The van der Waals surface area contributed by atoms with Crippen LogP contribution in [0.2, 0.25) is 0 Å². The average molecular weight is 336 g/mol. The lowest BCUT2D eigenvalue weighted by molar-refractivity contribution is -0.253. The first-order valence-corrected chi connectivity index (χ1v) is 8.04. The number of rotatable bonds is 5. The standard InChI is InChI=1S/C17H26N3O4/c1-17(2,3)24-16(23-4)19-9-6-13(7-10-19)11-14-5-8-18-12-15(14)20(21)22/h5,8,11-12,16,21H,6-7,9-10H2,1-4H3/q-1. The smallest absolute Gasteiger partial charge is 0.218 e. The van der Waals surface area contributed by atoms with Gasteiger partial charge in [-0.25, -0.2) is 0 Å². The van der Waals surface area contributed by atoms with E-state index in [0.29, 0.717) is 5.56 Å². The van der Waals surface area contributed by atoms with Gasteiger partial charge in [-0.05, 0) is 39.7 Å². The lowest BCUT2D eigenvalue weighted by Crippen LogP contribution is -2.45. The molecule has 0 bridgehead atoms. The van der Waals surface area contributed by atoms with Crippen molar-refractivity contribution in [1.29, 1.82) is 0 Å². The summed E-state index contributed by atoms with van der Waals surface area (Å²) in [5.41, 5.74) is 1.76. The number of likely N-dealkylation sites (tertiary alicyclic amines) is 1. The molecule has 1 fully saturated rings. The second-order valence-electron chi connectivity index (χ2n) is 6.82. The summed E-state index contributed by atoms with van der Waals surface area (Å²) in [4.78, 5) is 6.02. The minimum atomic E-state index is -0.363. The van der Waals surface area contributed by atoms with Gasteiger partial charge in [-0.1, -0.05) is 11.6 Å². The topological polar surface area (TPSA) is 81.1 Å². The fraction of sp³-hybridized carbons (Fsp3) is 0.588. The molecule has 0 spiro atoms. The summed E-state index contributed by atoms with van der Waals surface area (Å²) in [5, 5.41) is 20.2. The number of hydrogen-bond donors (Lipinski definition) is 1. The third kappa shape index (κ3) is 5.25. The number of hydrogen-bond acceptors (Lipinski definition) is 7. The summed E-state index contributed by atoms with van der Waals surface area (Å²) in [5.74, 6) is 0. The minimum absolute atomic E-state index is 0.146. The largest absolute Gasteiger partial charge is 0.733 e. The van der Waals surface area contributed by atoms with Crippen LogP contribution in [-0.4, -0.2) is 47.3 Å². The van der Waals surface area contributed by atoms with Crippen molar-refractivity contribution in [3.8, 4) is 0 Å². The number of anilines is 1.